The number of hydrogen-bond donors (Lipinski definition) is 2. The lowest BCUT2D eigenvalue weighted by Gasteiger charge is -2.35. The van der Waals surface area contributed by atoms with Crippen LogP contribution in [0.2, 0.25) is 0 Å². The van der Waals surface area contributed by atoms with E-state index in [1.54, 1.807) is 20.8 Å². The van der Waals surface area contributed by atoms with Crippen LogP contribution in [0.5, 0.6) is 0 Å². The molecule has 1 aliphatic heterocycles. The van der Waals surface area contributed by atoms with Gasteiger partial charge < -0.3 is 15.4 Å². The van der Waals surface area contributed by atoms with Gasteiger partial charge in [0.25, 0.3) is 0 Å². The highest BCUT2D eigenvalue weighted by Crippen LogP contribution is 2.33. The van der Waals surface area contributed by atoms with Crippen LogP contribution in [-0.4, -0.2) is 35.5 Å². The van der Waals surface area contributed by atoms with Gasteiger partial charge in [-0.25, -0.2) is 9.59 Å². The maximum absolute atomic E-state index is 12.9. The zero-order valence-electron chi connectivity index (χ0n) is 18.9. The van der Waals surface area contributed by atoms with Gasteiger partial charge in [0.05, 0.1) is 17.7 Å². The average Bonchev–Trinajstić information content (AvgIpc) is 2.73. The topological polar surface area (TPSA) is 87.7 Å². The van der Waals surface area contributed by atoms with Crippen LogP contribution in [0.4, 0.5) is 10.5 Å². The number of nitrogens with one attached hydrogen (secondary N) is 2. The fourth-order valence-electron chi connectivity index (χ4n) is 4.36. The Balaban J connectivity index is 1.89. The molecule has 31 heavy (non-hydrogen) atoms. The number of carbonyl (C=O) groups is 3. The summed E-state index contributed by atoms with van der Waals surface area (Å²) in [6.07, 6.45) is 4.93. The number of amides is 3. The molecule has 0 spiro atoms. The zero-order chi connectivity index (χ0) is 22.5. The molecule has 1 heterocycles. The number of esters is 1. The van der Waals surface area contributed by atoms with Crippen molar-refractivity contribution in [1.82, 2.24) is 10.2 Å². The molecule has 0 radical (unpaired) electrons. The molecule has 1 fully saturated rings. The van der Waals surface area contributed by atoms with Gasteiger partial charge in [-0.1, -0.05) is 31.4 Å². The molecule has 0 unspecified atom stereocenters. The normalized spacial score (nSPS) is 20.0. The summed E-state index contributed by atoms with van der Waals surface area (Å²) in [6, 6.07) is 6.42. The Labute approximate surface area is 184 Å². The van der Waals surface area contributed by atoms with Crippen LogP contribution < -0.4 is 10.6 Å². The average molecular weight is 428 g/mol. The Hall–Kier alpha value is -2.83. The molecule has 0 bridgehead atoms. The van der Waals surface area contributed by atoms with Crippen molar-refractivity contribution in [1.29, 1.82) is 0 Å². The predicted molar refractivity (Wildman–Crippen MR) is 119 cm³/mol. The van der Waals surface area contributed by atoms with Gasteiger partial charge in [-0.15, -0.1) is 0 Å². The van der Waals surface area contributed by atoms with Crippen LogP contribution in [0, 0.1) is 5.92 Å². The lowest BCUT2D eigenvalue weighted by atomic mass is 9.88. The molecule has 7 nitrogen and oxygen atoms in total. The van der Waals surface area contributed by atoms with E-state index in [1.807, 2.05) is 31.2 Å². The second-order valence-corrected chi connectivity index (χ2v) is 8.53. The number of nitrogens with zero attached hydrogens (tertiary/aromatic N) is 1. The molecule has 3 amide bonds. The van der Waals surface area contributed by atoms with Crippen molar-refractivity contribution in [3.05, 3.63) is 41.1 Å². The second-order valence-electron chi connectivity index (χ2n) is 8.53. The summed E-state index contributed by atoms with van der Waals surface area (Å²) in [5.74, 6) is -0.371. The molecule has 2 N–H and O–H groups in total. The second kappa shape index (κ2) is 9.98. The smallest absolute Gasteiger partial charge is 0.338 e. The zero-order valence-corrected chi connectivity index (χ0v) is 18.9. The summed E-state index contributed by atoms with van der Waals surface area (Å²) >= 11 is 0. The minimum absolute atomic E-state index is 0.0350. The fourth-order valence-corrected chi connectivity index (χ4v) is 4.36. The summed E-state index contributed by atoms with van der Waals surface area (Å²) in [7, 11) is 0. The van der Waals surface area contributed by atoms with Crippen molar-refractivity contribution >= 4 is 23.6 Å². The molecule has 2 aliphatic rings. The van der Waals surface area contributed by atoms with E-state index in [1.165, 1.54) is 11.3 Å². The quantitative estimate of drug-likeness (QED) is 0.654. The van der Waals surface area contributed by atoms with Crippen molar-refractivity contribution < 1.29 is 19.1 Å². The molecule has 3 rings (SSSR count). The highest BCUT2D eigenvalue weighted by Gasteiger charge is 2.36. The maximum atomic E-state index is 12.9. The number of carbonyl (C=O) groups excluding carboxylic acids is 3. The number of allylic oxidation sites excluding steroid dienone is 1. The first-order chi connectivity index (χ1) is 14.8. The Kier molecular flexibility index (Phi) is 7.36. The molecular weight excluding hydrogens is 394 g/mol. The van der Waals surface area contributed by atoms with E-state index in [-0.39, 0.29) is 24.0 Å². The Bertz CT molecular complexity index is 871. The highest BCUT2D eigenvalue weighted by molar-refractivity contribution is 5.96. The third-order valence-corrected chi connectivity index (χ3v) is 5.94. The lowest BCUT2D eigenvalue weighted by Crippen LogP contribution is -2.48. The highest BCUT2D eigenvalue weighted by atomic mass is 16.5. The first-order valence-electron chi connectivity index (χ1n) is 11.2. The molecule has 1 aromatic carbocycles. The molecular formula is C24H33N3O4. The number of anilines is 1. The van der Waals surface area contributed by atoms with E-state index < -0.39 is 12.0 Å². The number of hydrogen-bond acceptors (Lipinski definition) is 4. The van der Waals surface area contributed by atoms with Crippen LogP contribution >= 0.6 is 0 Å². The standard InChI is InChI=1S/C24H33N3O4/c1-5-27-16(4)20(23(29)31-15(2)3)21(26-24(27)30)18-12-9-13-19(14-18)25-22(28)17-10-7-6-8-11-17/h9,12-15,17,21H,5-8,10-11H2,1-4H3,(H,25,28)(H,26,30)/t21-/m0/s1. The van der Waals surface area contributed by atoms with Crippen LogP contribution in [0.15, 0.2) is 35.5 Å². The van der Waals surface area contributed by atoms with E-state index in [9.17, 15) is 14.4 Å². The minimum atomic E-state index is -0.645. The van der Waals surface area contributed by atoms with Crippen molar-refractivity contribution in [2.24, 2.45) is 5.92 Å². The summed E-state index contributed by atoms with van der Waals surface area (Å²) in [5, 5.41) is 5.94. The molecule has 1 aliphatic carbocycles. The monoisotopic (exact) mass is 427 g/mol. The predicted octanol–water partition coefficient (Wildman–Crippen LogP) is 4.52. The Morgan fingerprint density at radius 2 is 1.94 bits per heavy atom. The minimum Gasteiger partial charge on any atom is -0.459 e. The van der Waals surface area contributed by atoms with Gasteiger partial charge in [0.2, 0.25) is 5.91 Å². The van der Waals surface area contributed by atoms with Crippen molar-refractivity contribution in [2.75, 3.05) is 11.9 Å². The summed E-state index contributed by atoms with van der Waals surface area (Å²) in [4.78, 5) is 39.7. The fraction of sp³-hybridized carbons (Fsp3) is 0.542. The van der Waals surface area contributed by atoms with Crippen LogP contribution in [0.25, 0.3) is 0 Å². The third-order valence-electron chi connectivity index (χ3n) is 5.94. The number of rotatable bonds is 6. The van der Waals surface area contributed by atoms with Crippen molar-refractivity contribution in [2.45, 2.75) is 71.9 Å². The molecule has 7 heteroatoms. The van der Waals surface area contributed by atoms with E-state index in [4.69, 9.17) is 4.74 Å². The molecule has 1 aromatic rings. The largest absolute Gasteiger partial charge is 0.459 e. The summed E-state index contributed by atoms with van der Waals surface area (Å²) in [6.45, 7) is 7.66. The summed E-state index contributed by atoms with van der Waals surface area (Å²) < 4.78 is 5.47. The number of urea groups is 1. The first kappa shape index (κ1) is 22.8. The molecule has 0 saturated heterocycles. The Morgan fingerprint density at radius 1 is 1.23 bits per heavy atom. The number of benzene rings is 1. The lowest BCUT2D eigenvalue weighted by molar-refractivity contribution is -0.143. The maximum Gasteiger partial charge on any atom is 0.338 e. The van der Waals surface area contributed by atoms with Gasteiger partial charge in [0, 0.05) is 23.8 Å². The number of ether oxygens (including phenoxy) is 1. The van der Waals surface area contributed by atoms with E-state index >= 15 is 0 Å². The van der Waals surface area contributed by atoms with Crippen LogP contribution in [0.1, 0.15) is 71.4 Å². The molecule has 168 valence electrons. The Morgan fingerprint density at radius 3 is 2.58 bits per heavy atom. The SMILES string of the molecule is CCN1C(=O)N[C@@H](c2cccc(NC(=O)C3CCCCC3)c2)C(C(=O)OC(C)C)=C1C. The van der Waals surface area contributed by atoms with Crippen molar-refractivity contribution in [3.63, 3.8) is 0 Å². The summed E-state index contributed by atoms with van der Waals surface area (Å²) in [5.41, 5.74) is 2.37. The third kappa shape index (κ3) is 5.27. The van der Waals surface area contributed by atoms with E-state index in [0.29, 0.717) is 23.5 Å². The van der Waals surface area contributed by atoms with E-state index in [2.05, 4.69) is 10.6 Å². The van der Waals surface area contributed by atoms with Gasteiger partial charge in [0.1, 0.15) is 0 Å². The van der Waals surface area contributed by atoms with Crippen LogP contribution in [-0.2, 0) is 14.3 Å². The first-order valence-corrected chi connectivity index (χ1v) is 11.2. The van der Waals surface area contributed by atoms with Gasteiger partial charge in [-0.2, -0.15) is 0 Å². The van der Waals surface area contributed by atoms with Gasteiger partial charge in [0.15, 0.2) is 0 Å². The van der Waals surface area contributed by atoms with Gasteiger partial charge in [-0.3, -0.25) is 9.69 Å². The van der Waals surface area contributed by atoms with Gasteiger partial charge in [-0.05, 0) is 58.2 Å². The molecule has 0 aromatic heterocycles. The molecule has 1 saturated carbocycles. The molecule has 1 atom stereocenters. The van der Waals surface area contributed by atoms with E-state index in [0.717, 1.165) is 31.2 Å². The van der Waals surface area contributed by atoms with Crippen molar-refractivity contribution in [3.8, 4) is 0 Å². The van der Waals surface area contributed by atoms with Crippen LogP contribution in [0.3, 0.4) is 0 Å². The van der Waals surface area contributed by atoms with Gasteiger partial charge >= 0.3 is 12.0 Å².